The third-order valence-electron chi connectivity index (χ3n) is 5.12. The van der Waals surface area contributed by atoms with Crippen molar-refractivity contribution in [2.24, 2.45) is 0 Å². The summed E-state index contributed by atoms with van der Waals surface area (Å²) in [5.74, 6) is 0.129. The van der Waals surface area contributed by atoms with Gasteiger partial charge in [0.25, 0.3) is 11.1 Å². The molecule has 2 amide bonds. The molecule has 1 fully saturated rings. The van der Waals surface area contributed by atoms with Crippen LogP contribution in [-0.4, -0.2) is 22.7 Å². The molecule has 4 rings (SSSR count). The number of thioether (sulfide) groups is 1. The van der Waals surface area contributed by atoms with Gasteiger partial charge in [0.2, 0.25) is 0 Å². The molecule has 0 N–H and O–H groups in total. The molecule has 180 valence electrons. The monoisotopic (exact) mass is 531 g/mol. The van der Waals surface area contributed by atoms with E-state index in [1.54, 1.807) is 60.7 Å². The van der Waals surface area contributed by atoms with Gasteiger partial charge in [-0.1, -0.05) is 53.5 Å². The fraction of sp³-hybridized carbons (Fsp3) is 0.154. The van der Waals surface area contributed by atoms with E-state index >= 15 is 0 Å². The van der Waals surface area contributed by atoms with Crippen LogP contribution >= 0.6 is 35.0 Å². The summed E-state index contributed by atoms with van der Waals surface area (Å²) in [6.07, 6.45) is 1.62. The number of ether oxygens (including phenoxy) is 2. The number of nitrogens with zero attached hydrogens (tertiary/aromatic N) is 1. The van der Waals surface area contributed by atoms with Crippen molar-refractivity contribution in [2.75, 3.05) is 6.61 Å². The number of benzene rings is 3. The van der Waals surface area contributed by atoms with Gasteiger partial charge in [0.05, 0.1) is 18.1 Å². The van der Waals surface area contributed by atoms with Gasteiger partial charge in [0.15, 0.2) is 11.5 Å². The lowest BCUT2D eigenvalue weighted by Crippen LogP contribution is -2.27. The third kappa shape index (κ3) is 5.99. The first kappa shape index (κ1) is 25.1. The van der Waals surface area contributed by atoms with E-state index in [-0.39, 0.29) is 29.1 Å². The normalized spacial score (nSPS) is 14.6. The molecule has 3 aromatic rings. The van der Waals surface area contributed by atoms with Crippen molar-refractivity contribution in [2.45, 2.75) is 20.1 Å². The average molecular weight is 532 g/mol. The van der Waals surface area contributed by atoms with Crippen molar-refractivity contribution in [3.8, 4) is 11.5 Å². The molecular formula is C26H20Cl2FNO4S. The standard InChI is InChI=1S/C26H20Cl2FNO4S/c1-2-33-23-11-16(7-10-22(23)34-15-18-5-3-4-6-21(18)29)12-24-25(31)30(26(32)35-24)14-17-8-9-19(27)13-20(17)28/h3-13H,2,14-15H2,1H3/b24-12+. The SMILES string of the molecule is CCOc1cc(/C=C2/SC(=O)N(Cc3ccc(Cl)cc3Cl)C2=O)ccc1OCc1ccccc1F. The Bertz CT molecular complexity index is 1310. The predicted molar refractivity (Wildman–Crippen MR) is 136 cm³/mol. The van der Waals surface area contributed by atoms with Crippen LogP contribution in [0.15, 0.2) is 65.6 Å². The van der Waals surface area contributed by atoms with Crippen LogP contribution in [0, 0.1) is 5.82 Å². The summed E-state index contributed by atoms with van der Waals surface area (Å²) >= 11 is 13.0. The fourth-order valence-corrected chi connectivity index (χ4v) is 4.69. The highest BCUT2D eigenvalue weighted by Gasteiger charge is 2.35. The summed E-state index contributed by atoms with van der Waals surface area (Å²) in [4.78, 5) is 26.9. The van der Waals surface area contributed by atoms with Crippen molar-refractivity contribution in [1.82, 2.24) is 4.90 Å². The number of amides is 2. The molecule has 1 saturated heterocycles. The maximum atomic E-state index is 13.9. The van der Waals surface area contributed by atoms with Gasteiger partial charge in [-0.25, -0.2) is 4.39 Å². The van der Waals surface area contributed by atoms with Crippen molar-refractivity contribution in [3.63, 3.8) is 0 Å². The Balaban J connectivity index is 1.52. The van der Waals surface area contributed by atoms with Crippen LogP contribution in [0.1, 0.15) is 23.6 Å². The van der Waals surface area contributed by atoms with Gasteiger partial charge in [-0.3, -0.25) is 14.5 Å². The number of hydrogen-bond donors (Lipinski definition) is 0. The number of hydrogen-bond acceptors (Lipinski definition) is 5. The van der Waals surface area contributed by atoms with Crippen molar-refractivity contribution >= 4 is 52.2 Å². The lowest BCUT2D eigenvalue weighted by atomic mass is 10.1. The molecule has 9 heteroatoms. The van der Waals surface area contributed by atoms with E-state index in [1.165, 1.54) is 6.07 Å². The van der Waals surface area contributed by atoms with Crippen LogP contribution in [0.25, 0.3) is 6.08 Å². The summed E-state index contributed by atoms with van der Waals surface area (Å²) in [5, 5.41) is 0.467. The molecule has 0 bridgehead atoms. The molecule has 3 aromatic carbocycles. The topological polar surface area (TPSA) is 55.8 Å². The number of halogens is 3. The van der Waals surface area contributed by atoms with Gasteiger partial charge >= 0.3 is 0 Å². The Kier molecular flexibility index (Phi) is 8.00. The summed E-state index contributed by atoms with van der Waals surface area (Å²) in [7, 11) is 0. The zero-order valence-electron chi connectivity index (χ0n) is 18.6. The molecule has 35 heavy (non-hydrogen) atoms. The zero-order valence-corrected chi connectivity index (χ0v) is 20.9. The Morgan fingerprint density at radius 3 is 2.51 bits per heavy atom. The molecule has 0 atom stereocenters. The Morgan fingerprint density at radius 2 is 1.77 bits per heavy atom. The van der Waals surface area contributed by atoms with Crippen molar-refractivity contribution in [1.29, 1.82) is 0 Å². The van der Waals surface area contributed by atoms with E-state index in [9.17, 15) is 14.0 Å². The molecule has 0 aliphatic carbocycles. The second kappa shape index (κ2) is 11.2. The number of imide groups is 1. The van der Waals surface area contributed by atoms with E-state index in [1.807, 2.05) is 6.92 Å². The summed E-state index contributed by atoms with van der Waals surface area (Å²) < 4.78 is 25.4. The highest BCUT2D eigenvalue weighted by atomic mass is 35.5. The first-order valence-corrected chi connectivity index (χ1v) is 12.2. The van der Waals surface area contributed by atoms with Gasteiger partial charge in [0.1, 0.15) is 12.4 Å². The lowest BCUT2D eigenvalue weighted by molar-refractivity contribution is -0.123. The molecule has 0 unspecified atom stereocenters. The van der Waals surface area contributed by atoms with Gasteiger partial charge in [0, 0.05) is 15.6 Å². The number of rotatable bonds is 8. The van der Waals surface area contributed by atoms with Gasteiger partial charge in [-0.15, -0.1) is 0 Å². The molecule has 5 nitrogen and oxygen atoms in total. The van der Waals surface area contributed by atoms with E-state index in [2.05, 4.69) is 0 Å². The molecule has 1 aliphatic rings. The highest BCUT2D eigenvalue weighted by Crippen LogP contribution is 2.36. The van der Waals surface area contributed by atoms with Gasteiger partial charge < -0.3 is 9.47 Å². The Labute approximate surface area is 216 Å². The maximum absolute atomic E-state index is 13.9. The smallest absolute Gasteiger partial charge is 0.293 e. The Morgan fingerprint density at radius 1 is 0.971 bits per heavy atom. The minimum atomic E-state index is -0.413. The number of carbonyl (C=O) groups excluding carboxylic acids is 2. The zero-order chi connectivity index (χ0) is 24.9. The van der Waals surface area contributed by atoms with Crippen LogP contribution < -0.4 is 9.47 Å². The summed E-state index contributed by atoms with van der Waals surface area (Å²) in [5.41, 5.74) is 1.70. The van der Waals surface area contributed by atoms with Crippen LogP contribution in [0.3, 0.4) is 0 Å². The average Bonchev–Trinajstić information content (AvgIpc) is 3.08. The van der Waals surface area contributed by atoms with Crippen LogP contribution in [0.2, 0.25) is 10.0 Å². The van der Waals surface area contributed by atoms with Crippen molar-refractivity contribution in [3.05, 3.63) is 98.1 Å². The molecule has 0 aromatic heterocycles. The Hall–Kier alpha value is -3.00. The van der Waals surface area contributed by atoms with E-state index in [0.29, 0.717) is 44.8 Å². The molecule has 0 saturated carbocycles. The maximum Gasteiger partial charge on any atom is 0.293 e. The van der Waals surface area contributed by atoms with Crippen LogP contribution in [0.5, 0.6) is 11.5 Å². The first-order valence-electron chi connectivity index (χ1n) is 10.7. The second-order valence-electron chi connectivity index (χ2n) is 7.52. The molecule has 0 radical (unpaired) electrons. The predicted octanol–water partition coefficient (Wildman–Crippen LogP) is 7.35. The van der Waals surface area contributed by atoms with Gasteiger partial charge in [-0.2, -0.15) is 0 Å². The van der Waals surface area contributed by atoms with E-state index < -0.39 is 5.91 Å². The summed E-state index contributed by atoms with van der Waals surface area (Å²) in [6, 6.07) is 16.4. The lowest BCUT2D eigenvalue weighted by Gasteiger charge is -2.14. The molecular weight excluding hydrogens is 512 g/mol. The van der Waals surface area contributed by atoms with E-state index in [0.717, 1.165) is 16.7 Å². The minimum absolute atomic E-state index is 0.0399. The first-order chi connectivity index (χ1) is 16.9. The number of carbonyl (C=O) groups is 2. The molecule has 1 heterocycles. The minimum Gasteiger partial charge on any atom is -0.490 e. The molecule has 1 aliphatic heterocycles. The highest BCUT2D eigenvalue weighted by molar-refractivity contribution is 8.18. The van der Waals surface area contributed by atoms with E-state index in [4.69, 9.17) is 32.7 Å². The van der Waals surface area contributed by atoms with Crippen LogP contribution in [0.4, 0.5) is 9.18 Å². The second-order valence-corrected chi connectivity index (χ2v) is 9.36. The molecule has 0 spiro atoms. The quantitative estimate of drug-likeness (QED) is 0.284. The van der Waals surface area contributed by atoms with Crippen molar-refractivity contribution < 1.29 is 23.5 Å². The fourth-order valence-electron chi connectivity index (χ4n) is 3.38. The van der Waals surface area contributed by atoms with Crippen LogP contribution in [-0.2, 0) is 17.9 Å². The summed E-state index contributed by atoms with van der Waals surface area (Å²) in [6.45, 7) is 2.31. The largest absolute Gasteiger partial charge is 0.490 e. The third-order valence-corrected chi connectivity index (χ3v) is 6.62. The van der Waals surface area contributed by atoms with Gasteiger partial charge in [-0.05, 0) is 66.2 Å².